The van der Waals surface area contributed by atoms with Crippen molar-refractivity contribution in [3.05, 3.63) is 235 Å². The summed E-state index contributed by atoms with van der Waals surface area (Å²) in [6.07, 6.45) is 56.5. The second-order valence-electron chi connectivity index (χ2n) is 39.0. The number of nitrogens with zero attached hydrogens (tertiary/aromatic N) is 7. The molecular weight excluding hydrogens is 1560 g/mol. The van der Waals surface area contributed by atoms with E-state index in [1.807, 2.05) is 37.3 Å². The molecule has 125 heavy (non-hydrogen) atoms. The largest absolute Gasteiger partial charge is 0.385 e. The number of hydrogen-bond acceptors (Lipinski definition) is 14. The van der Waals surface area contributed by atoms with Gasteiger partial charge in [0.05, 0.1) is 52.8 Å². The molecule has 1 amide bonds. The van der Waals surface area contributed by atoms with Gasteiger partial charge in [0.2, 0.25) is 23.2 Å². The average molecular weight is 1680 g/mol. The van der Waals surface area contributed by atoms with Gasteiger partial charge in [-0.1, -0.05) is 198 Å². The van der Waals surface area contributed by atoms with Gasteiger partial charge in [0, 0.05) is 42.4 Å². The first-order valence-electron chi connectivity index (χ1n) is 44.7. The Morgan fingerprint density at radius 3 is 1.11 bits per heavy atom. The van der Waals surface area contributed by atoms with Crippen LogP contribution in [0.2, 0.25) is 0 Å². The summed E-state index contributed by atoms with van der Waals surface area (Å²) < 4.78 is 0. The van der Waals surface area contributed by atoms with Crippen LogP contribution in [0.1, 0.15) is 362 Å². The number of Topliss-reactive ketones (excluding diaryl/α,β-unsaturated/α-hetero) is 3. The Kier molecular flexibility index (Phi) is 29.1. The molecule has 0 saturated heterocycles. The fourth-order valence-electron chi connectivity index (χ4n) is 18.6. The maximum Gasteiger partial charge on any atom is 0.373 e. The number of aromatic nitrogens is 8. The first-order valence-corrected chi connectivity index (χ1v) is 44.7. The molecule has 0 radical (unpaired) electrons. The summed E-state index contributed by atoms with van der Waals surface area (Å²) in [7, 11) is 0. The van der Waals surface area contributed by atoms with Crippen LogP contribution in [0.3, 0.4) is 0 Å². The van der Waals surface area contributed by atoms with Crippen molar-refractivity contribution in [2.45, 2.75) is 290 Å². The lowest BCUT2D eigenvalue weighted by Gasteiger charge is -2.34. The molecular formula is C105H120N12O8. The maximum absolute atomic E-state index is 13.0. The Morgan fingerprint density at radius 2 is 0.776 bits per heavy atom. The molecule has 8 aliphatic rings. The van der Waals surface area contributed by atoms with Crippen molar-refractivity contribution in [3.8, 4) is 36.8 Å². The van der Waals surface area contributed by atoms with E-state index in [4.69, 9.17) is 29.0 Å². The Labute approximate surface area is 736 Å². The van der Waals surface area contributed by atoms with Crippen molar-refractivity contribution in [1.29, 1.82) is 10.5 Å². The topological polar surface area (TPSA) is 322 Å². The standard InChI is InChI=1S/C28H31N3O.C27H32N2O2.C26H34N2O2.C23H23N5O.CO2/c1-4-23-18-30-26(31-23)25(32)16-21-8-9-22(28(19-29)12-6-5-7-13-28)17-24(21)20-10-14-27(2,3)15-11-20;1-4-22-18-28-25(29-22)24(30)16-20-8-9-21(27(31)12-6-5-7-13-27)17-23(20)19-10-14-26(2,3)15-11-19;1-18-17-27-24(28-18)23(29)15-20-7-8-21(26(30)11-5-4-6-12-26)16-22(20)19-9-13-25(2,3)14-10-19;1-22(2)8-6-15(7-9-22)17-12-16(23(14-24)10-11-23)4-5-18(17)27-21(29)20-26-13-19(25-3)28-20;2-1-3/h1,8-10,17-18H,5-7,11-16H2,2-3H3,(H,30,31);1,8-10,17-18,31H,5-7,11-16H2,2-3H3,(H,28,29);7-9,16-17,30H,4-6,10-15H2,1-3H3,(H,27,28);4-6,12-13H,7-11H2,1-2H3,(H,26,28)(H,27,29);. The summed E-state index contributed by atoms with van der Waals surface area (Å²) in [6.45, 7) is 27.3. The van der Waals surface area contributed by atoms with Gasteiger partial charge in [-0.25, -0.2) is 19.9 Å². The SMILES string of the molecule is C#Cc1cnc(C(=O)Cc2ccc(C3(C#N)CCCCC3)cc2C2=CCC(C)(C)CC2)[nH]1.C#Cc1cnc(C(=O)Cc2ccc(C3(O)CCCCC3)cc2C2=CCC(C)(C)CC2)[nH]1.Cc1cnc(C(=O)Cc2ccc(C3(O)CCCCC3)cc2C2=CCC(C)(C)CC2)[nH]1.O=C=O.[C-]#[N+]c1cnc(C(=O)Nc2ccc(C3(C#N)CC3)cc2C2=CCC(C)(C)CC2)[nH]1. The van der Waals surface area contributed by atoms with Crippen molar-refractivity contribution < 1.29 is 39.0 Å². The number of carbonyl (C=O) groups excluding carboxylic acids is 6. The average Bonchev–Trinajstić information content (AvgIpc) is 1.69. The van der Waals surface area contributed by atoms with Gasteiger partial charge in [0.1, 0.15) is 11.4 Å². The predicted octanol–water partition coefficient (Wildman–Crippen LogP) is 22.4. The molecule has 16 rings (SSSR count). The fourth-order valence-corrected chi connectivity index (χ4v) is 18.6. The van der Waals surface area contributed by atoms with E-state index in [0.29, 0.717) is 57.2 Å². The van der Waals surface area contributed by atoms with Crippen molar-refractivity contribution >= 4 is 63.2 Å². The summed E-state index contributed by atoms with van der Waals surface area (Å²) in [5.74, 6) is 5.78. The summed E-state index contributed by atoms with van der Waals surface area (Å²) in [5.41, 5.74) is 18.1. The second kappa shape index (κ2) is 39.5. The van der Waals surface area contributed by atoms with E-state index in [1.165, 1.54) is 60.1 Å². The molecule has 7 N–H and O–H groups in total. The van der Waals surface area contributed by atoms with Gasteiger partial charge in [0.15, 0.2) is 17.5 Å². The number of aromatic amines is 4. The zero-order valence-corrected chi connectivity index (χ0v) is 74.3. The number of carbonyl (C=O) groups is 4. The summed E-state index contributed by atoms with van der Waals surface area (Å²) in [5, 5.41) is 45.3. The van der Waals surface area contributed by atoms with Crippen LogP contribution in [-0.4, -0.2) is 79.5 Å². The molecule has 20 heteroatoms. The molecule has 8 aromatic rings. The number of allylic oxidation sites excluding steroid dienone is 8. The Morgan fingerprint density at radius 1 is 0.440 bits per heavy atom. The number of aliphatic hydroxyl groups is 2. The van der Waals surface area contributed by atoms with Crippen LogP contribution < -0.4 is 5.32 Å². The van der Waals surface area contributed by atoms with Crippen LogP contribution in [0, 0.1) is 82.5 Å². The molecule has 4 aromatic carbocycles. The van der Waals surface area contributed by atoms with Gasteiger partial charge >= 0.3 is 12.1 Å². The van der Waals surface area contributed by atoms with Gasteiger partial charge in [-0.3, -0.25) is 24.2 Å². The van der Waals surface area contributed by atoms with Crippen molar-refractivity contribution in [1.82, 2.24) is 39.9 Å². The van der Waals surface area contributed by atoms with E-state index in [2.05, 4.69) is 196 Å². The highest BCUT2D eigenvalue weighted by Crippen LogP contribution is 2.51. The normalized spacial score (nSPS) is 19.3. The first kappa shape index (κ1) is 92.2. The van der Waals surface area contributed by atoms with Gasteiger partial charge < -0.3 is 35.3 Å². The highest BCUT2D eigenvalue weighted by Gasteiger charge is 2.46. The van der Waals surface area contributed by atoms with Crippen molar-refractivity contribution in [3.63, 3.8) is 0 Å². The number of amides is 1. The summed E-state index contributed by atoms with van der Waals surface area (Å²) >= 11 is 0. The third kappa shape index (κ3) is 23.0. The quantitative estimate of drug-likeness (QED) is 0.0225. The number of H-pyrrole nitrogens is 4. The Bertz CT molecular complexity index is 5710. The summed E-state index contributed by atoms with van der Waals surface area (Å²) in [4.78, 5) is 99.0. The zero-order chi connectivity index (χ0) is 89.5. The molecule has 0 spiro atoms. The molecule has 4 saturated carbocycles. The molecule has 648 valence electrons. The molecule has 0 atom stereocenters. The minimum atomic E-state index is -0.757. The number of imidazole rings is 4. The predicted molar refractivity (Wildman–Crippen MR) is 487 cm³/mol. The lowest BCUT2D eigenvalue weighted by molar-refractivity contribution is -0.191. The number of nitriles is 2. The molecule has 0 unspecified atom stereocenters. The van der Waals surface area contributed by atoms with E-state index >= 15 is 0 Å². The van der Waals surface area contributed by atoms with Crippen LogP contribution >= 0.6 is 0 Å². The molecule has 4 fully saturated rings. The number of hydrogen-bond donors (Lipinski definition) is 7. The smallest absolute Gasteiger partial charge is 0.373 e. The third-order valence-corrected chi connectivity index (χ3v) is 27.2. The van der Waals surface area contributed by atoms with E-state index in [1.54, 1.807) is 6.20 Å². The minimum Gasteiger partial charge on any atom is -0.385 e. The molecule has 8 aliphatic carbocycles. The minimum absolute atomic E-state index is 0.00483. The van der Waals surface area contributed by atoms with Crippen molar-refractivity contribution in [2.75, 3.05) is 5.32 Å². The van der Waals surface area contributed by atoms with E-state index in [0.717, 1.165) is 234 Å². The number of terminal acetylenes is 2. The van der Waals surface area contributed by atoms with Crippen LogP contribution in [-0.2, 0) is 50.9 Å². The van der Waals surface area contributed by atoms with Gasteiger partial charge in [-0.05, 0) is 265 Å². The molecule has 4 heterocycles. The summed E-state index contributed by atoms with van der Waals surface area (Å²) in [6, 6.07) is 29.8. The Hall–Kier alpha value is -12.0. The zero-order valence-electron chi connectivity index (χ0n) is 74.3. The lowest BCUT2D eigenvalue weighted by atomic mass is 9.69. The Balaban J connectivity index is 0.000000150. The molecule has 0 aliphatic heterocycles. The highest BCUT2D eigenvalue weighted by molar-refractivity contribution is 6.04. The van der Waals surface area contributed by atoms with Crippen LogP contribution in [0.15, 0.2) is 122 Å². The molecule has 0 bridgehead atoms. The first-order chi connectivity index (χ1) is 59.7. The number of anilines is 1. The second-order valence-corrected chi connectivity index (χ2v) is 39.0. The van der Waals surface area contributed by atoms with Gasteiger partial charge in [0.25, 0.3) is 5.82 Å². The number of aryl methyl sites for hydroxylation is 1. The number of nitrogens with one attached hydrogen (secondary N) is 5. The number of benzene rings is 4. The van der Waals surface area contributed by atoms with E-state index in [9.17, 15) is 39.9 Å². The fraction of sp³-hybridized carbons (Fsp3) is 0.467. The van der Waals surface area contributed by atoms with Crippen LogP contribution in [0.25, 0.3) is 27.1 Å². The lowest BCUT2D eigenvalue weighted by Crippen LogP contribution is -2.28. The van der Waals surface area contributed by atoms with Gasteiger partial charge in [-0.15, -0.1) is 12.8 Å². The maximum atomic E-state index is 13.0. The van der Waals surface area contributed by atoms with E-state index in [-0.39, 0.29) is 64.7 Å². The monoisotopic (exact) mass is 1680 g/mol. The third-order valence-electron chi connectivity index (χ3n) is 27.2. The number of rotatable bonds is 19. The van der Waals surface area contributed by atoms with Gasteiger partial charge in [-0.2, -0.15) is 20.1 Å². The van der Waals surface area contributed by atoms with E-state index < -0.39 is 16.6 Å². The molecule has 4 aromatic heterocycles. The van der Waals surface area contributed by atoms with Crippen LogP contribution in [0.4, 0.5) is 11.5 Å². The molecule has 20 nitrogen and oxygen atoms in total. The van der Waals surface area contributed by atoms with Crippen molar-refractivity contribution in [2.24, 2.45) is 21.7 Å². The highest BCUT2D eigenvalue weighted by atomic mass is 16.3. The van der Waals surface area contributed by atoms with Crippen LogP contribution in [0.5, 0.6) is 0 Å². The number of ketones is 3.